The van der Waals surface area contributed by atoms with Gasteiger partial charge < -0.3 is 14.8 Å². The molecule has 1 aromatic heterocycles. The molecule has 9 heteroatoms. The molecule has 0 bridgehead atoms. The number of fused-ring (bicyclic) bond motifs is 1. The zero-order chi connectivity index (χ0) is 26.5. The predicted octanol–water partition coefficient (Wildman–Crippen LogP) is 6.43. The van der Waals surface area contributed by atoms with E-state index >= 15 is 0 Å². The predicted molar refractivity (Wildman–Crippen MR) is 144 cm³/mol. The zero-order valence-corrected chi connectivity index (χ0v) is 20.6. The Bertz CT molecular complexity index is 1520. The van der Waals surface area contributed by atoms with E-state index in [4.69, 9.17) is 4.42 Å². The molecule has 2 amide bonds. The number of amides is 2. The van der Waals surface area contributed by atoms with Crippen LogP contribution in [0.2, 0.25) is 0 Å². The fraction of sp³-hybridized carbons (Fsp3) is 0.138. The molecule has 5 rings (SSSR count). The fourth-order valence-electron chi connectivity index (χ4n) is 4.20. The first kappa shape index (κ1) is 24.6. The second-order valence-corrected chi connectivity index (χ2v) is 8.79. The van der Waals surface area contributed by atoms with E-state index in [0.29, 0.717) is 46.8 Å². The van der Waals surface area contributed by atoms with Gasteiger partial charge in [0.15, 0.2) is 5.76 Å². The van der Waals surface area contributed by atoms with Crippen molar-refractivity contribution < 1.29 is 19.1 Å². The minimum absolute atomic E-state index is 0.0779. The Morgan fingerprint density at radius 2 is 1.53 bits per heavy atom. The summed E-state index contributed by atoms with van der Waals surface area (Å²) in [4.78, 5) is 25.5. The number of nitrogens with zero attached hydrogens (tertiary/aromatic N) is 3. The lowest BCUT2D eigenvalue weighted by atomic mass is 9.93. The molecule has 4 aromatic rings. The summed E-state index contributed by atoms with van der Waals surface area (Å²) in [6.45, 7) is 1.81. The monoisotopic (exact) mass is 507 g/mol. The van der Waals surface area contributed by atoms with Gasteiger partial charge in [-0.3, -0.25) is 9.59 Å². The Kier molecular flexibility index (Phi) is 7.08. The maximum Gasteiger partial charge on any atom is 0.291 e. The van der Waals surface area contributed by atoms with Gasteiger partial charge in [0, 0.05) is 28.8 Å². The van der Waals surface area contributed by atoms with E-state index in [1.165, 1.54) is 24.3 Å². The van der Waals surface area contributed by atoms with E-state index in [9.17, 15) is 14.7 Å². The Hall–Kier alpha value is -5.05. The molecular formula is C29H25N5O4. The third-order valence-corrected chi connectivity index (χ3v) is 6.12. The summed E-state index contributed by atoms with van der Waals surface area (Å²) >= 11 is 0. The fourth-order valence-corrected chi connectivity index (χ4v) is 4.20. The zero-order valence-electron chi connectivity index (χ0n) is 20.6. The summed E-state index contributed by atoms with van der Waals surface area (Å²) in [5.41, 5.74) is 7.03. The Morgan fingerprint density at radius 3 is 2.24 bits per heavy atom. The molecule has 1 heterocycles. The molecule has 190 valence electrons. The summed E-state index contributed by atoms with van der Waals surface area (Å²) in [6.07, 6.45) is 2.10. The van der Waals surface area contributed by atoms with E-state index in [0.717, 1.165) is 17.7 Å². The van der Waals surface area contributed by atoms with Gasteiger partial charge >= 0.3 is 0 Å². The standard InChI is InChI=1S/C29H25N5O4/c1-18-26-24(33-34-28(36)19-10-16-23(35)17-11-19)8-5-9-25(26)38-27(18)29(37)30-20-12-14-22(15-13-20)32-31-21-6-3-2-4-7-21/h2-4,6-7,10-17,35H,5,8-9H2,1H3,(H,30,37)(H,34,36)/b32-31?,33-24+. The van der Waals surface area contributed by atoms with Gasteiger partial charge in [-0.05, 0) is 80.4 Å². The summed E-state index contributed by atoms with van der Waals surface area (Å²) in [5.74, 6) is 0.197. The number of carbonyl (C=O) groups is 2. The number of aryl methyl sites for hydroxylation is 1. The molecule has 3 aromatic carbocycles. The number of benzene rings is 3. The lowest BCUT2D eigenvalue weighted by molar-refractivity contribution is 0.0953. The quantitative estimate of drug-likeness (QED) is 0.205. The van der Waals surface area contributed by atoms with Crippen LogP contribution in [0.5, 0.6) is 5.75 Å². The van der Waals surface area contributed by atoms with E-state index < -0.39 is 5.91 Å². The van der Waals surface area contributed by atoms with Crippen molar-refractivity contribution in [2.24, 2.45) is 15.3 Å². The number of hydrogen-bond acceptors (Lipinski definition) is 7. The largest absolute Gasteiger partial charge is 0.508 e. The summed E-state index contributed by atoms with van der Waals surface area (Å²) in [6, 6.07) is 22.4. The van der Waals surface area contributed by atoms with E-state index in [-0.39, 0.29) is 17.4 Å². The molecule has 1 aliphatic carbocycles. The molecular weight excluding hydrogens is 482 g/mol. The van der Waals surface area contributed by atoms with Crippen molar-refractivity contribution in [1.29, 1.82) is 0 Å². The van der Waals surface area contributed by atoms with Gasteiger partial charge in [-0.15, -0.1) is 0 Å². The first-order chi connectivity index (χ1) is 18.5. The van der Waals surface area contributed by atoms with Gasteiger partial charge in [0.05, 0.1) is 17.1 Å². The number of azo groups is 1. The third kappa shape index (κ3) is 5.52. The highest BCUT2D eigenvalue weighted by molar-refractivity contribution is 6.09. The molecule has 3 N–H and O–H groups in total. The number of furan rings is 1. The van der Waals surface area contributed by atoms with Crippen molar-refractivity contribution in [3.8, 4) is 5.75 Å². The number of hydrogen-bond donors (Lipinski definition) is 3. The lowest BCUT2D eigenvalue weighted by Crippen LogP contribution is -2.22. The van der Waals surface area contributed by atoms with Crippen molar-refractivity contribution in [2.45, 2.75) is 26.2 Å². The average Bonchev–Trinajstić information content (AvgIpc) is 3.29. The molecule has 0 aliphatic heterocycles. The molecule has 0 radical (unpaired) electrons. The minimum atomic E-state index is -0.393. The summed E-state index contributed by atoms with van der Waals surface area (Å²) < 4.78 is 5.95. The molecule has 38 heavy (non-hydrogen) atoms. The molecule has 0 unspecified atom stereocenters. The van der Waals surface area contributed by atoms with E-state index in [1.54, 1.807) is 24.3 Å². The number of carbonyl (C=O) groups excluding carboxylic acids is 2. The molecule has 1 aliphatic rings. The van der Waals surface area contributed by atoms with Crippen LogP contribution in [0.1, 0.15) is 50.6 Å². The van der Waals surface area contributed by atoms with Crippen molar-refractivity contribution in [3.05, 3.63) is 107 Å². The first-order valence-corrected chi connectivity index (χ1v) is 12.1. The molecule has 0 saturated carbocycles. The normalized spacial score (nSPS) is 13.9. The highest BCUT2D eigenvalue weighted by Crippen LogP contribution is 2.30. The third-order valence-electron chi connectivity index (χ3n) is 6.12. The number of rotatable bonds is 6. The molecule has 0 saturated heterocycles. The first-order valence-electron chi connectivity index (χ1n) is 12.1. The SMILES string of the molecule is Cc1c(C(=O)Nc2ccc(N=Nc3ccccc3)cc2)oc2c1/C(=N/NC(=O)c1ccc(O)cc1)CCC2. The maximum absolute atomic E-state index is 13.1. The topological polar surface area (TPSA) is 129 Å². The number of phenols is 1. The number of aromatic hydroxyl groups is 1. The van der Waals surface area contributed by atoms with Crippen LogP contribution < -0.4 is 10.7 Å². The molecule has 0 fully saturated rings. The second kappa shape index (κ2) is 10.9. The van der Waals surface area contributed by atoms with Gasteiger partial charge in [0.25, 0.3) is 11.8 Å². The van der Waals surface area contributed by atoms with Crippen LogP contribution in [-0.2, 0) is 6.42 Å². The van der Waals surface area contributed by atoms with Crippen molar-refractivity contribution in [1.82, 2.24) is 5.43 Å². The summed E-state index contributed by atoms with van der Waals surface area (Å²) in [5, 5.41) is 25.0. The van der Waals surface area contributed by atoms with Gasteiger partial charge in [0.2, 0.25) is 0 Å². The highest BCUT2D eigenvalue weighted by atomic mass is 16.4. The smallest absolute Gasteiger partial charge is 0.291 e. The highest BCUT2D eigenvalue weighted by Gasteiger charge is 2.28. The van der Waals surface area contributed by atoms with Crippen molar-refractivity contribution in [2.75, 3.05) is 5.32 Å². The van der Waals surface area contributed by atoms with Crippen LogP contribution in [0.25, 0.3) is 0 Å². The van der Waals surface area contributed by atoms with Gasteiger partial charge in [-0.1, -0.05) is 18.2 Å². The Balaban J connectivity index is 1.28. The van der Waals surface area contributed by atoms with E-state index in [2.05, 4.69) is 26.1 Å². The second-order valence-electron chi connectivity index (χ2n) is 8.79. The van der Waals surface area contributed by atoms with Crippen LogP contribution in [0.4, 0.5) is 17.1 Å². The number of phenolic OH excluding ortho intramolecular Hbond substituents is 1. The number of hydrazone groups is 1. The lowest BCUT2D eigenvalue weighted by Gasteiger charge is -2.13. The van der Waals surface area contributed by atoms with Crippen LogP contribution >= 0.6 is 0 Å². The van der Waals surface area contributed by atoms with Crippen LogP contribution in [0.15, 0.2) is 98.6 Å². The Labute approximate surface area is 218 Å². The van der Waals surface area contributed by atoms with Crippen molar-refractivity contribution >= 4 is 34.6 Å². The van der Waals surface area contributed by atoms with Crippen molar-refractivity contribution in [3.63, 3.8) is 0 Å². The van der Waals surface area contributed by atoms with Gasteiger partial charge in [-0.2, -0.15) is 15.3 Å². The maximum atomic E-state index is 13.1. The van der Waals surface area contributed by atoms with Crippen LogP contribution in [0, 0.1) is 6.92 Å². The average molecular weight is 508 g/mol. The summed E-state index contributed by atoms with van der Waals surface area (Å²) in [7, 11) is 0. The molecule has 0 spiro atoms. The molecule has 9 nitrogen and oxygen atoms in total. The number of anilines is 1. The van der Waals surface area contributed by atoms with E-state index in [1.807, 2.05) is 37.3 Å². The molecule has 0 atom stereocenters. The number of nitrogens with one attached hydrogen (secondary N) is 2. The van der Waals surface area contributed by atoms with Crippen LogP contribution in [-0.4, -0.2) is 22.6 Å². The van der Waals surface area contributed by atoms with Gasteiger partial charge in [0.1, 0.15) is 11.5 Å². The van der Waals surface area contributed by atoms with Crippen LogP contribution in [0.3, 0.4) is 0 Å². The Morgan fingerprint density at radius 1 is 0.842 bits per heavy atom. The minimum Gasteiger partial charge on any atom is -0.508 e. The van der Waals surface area contributed by atoms with Gasteiger partial charge in [-0.25, -0.2) is 5.43 Å².